The van der Waals surface area contributed by atoms with Crippen molar-refractivity contribution in [3.8, 4) is 17.2 Å². The summed E-state index contributed by atoms with van der Waals surface area (Å²) in [5.41, 5.74) is 0.837. The maximum absolute atomic E-state index is 5.74. The number of hydrogen-bond acceptors (Lipinski definition) is 5. The number of alkyl halides is 1. The molecule has 1 aromatic carbocycles. The summed E-state index contributed by atoms with van der Waals surface area (Å²) in [7, 11) is 1.58. The van der Waals surface area contributed by atoms with Crippen molar-refractivity contribution in [3.05, 3.63) is 17.7 Å². The summed E-state index contributed by atoms with van der Waals surface area (Å²) in [6, 6.07) is 3.67. The van der Waals surface area contributed by atoms with Crippen molar-refractivity contribution in [2.75, 3.05) is 26.4 Å². The second kappa shape index (κ2) is 4.84. The Balaban J connectivity index is 1.89. The summed E-state index contributed by atoms with van der Waals surface area (Å²) in [4.78, 5) is 0. The molecular weight excluding hydrogens is 260 g/mol. The van der Waals surface area contributed by atoms with Gasteiger partial charge in [-0.1, -0.05) is 0 Å². The molecule has 3 rings (SSSR count). The molecule has 1 saturated heterocycles. The molecule has 1 fully saturated rings. The zero-order chi connectivity index (χ0) is 12.5. The van der Waals surface area contributed by atoms with Crippen molar-refractivity contribution in [1.82, 2.24) is 0 Å². The zero-order valence-electron chi connectivity index (χ0n) is 9.85. The maximum atomic E-state index is 5.74. The van der Waals surface area contributed by atoms with Gasteiger partial charge in [-0.3, -0.25) is 0 Å². The van der Waals surface area contributed by atoms with Crippen LogP contribution >= 0.6 is 11.6 Å². The van der Waals surface area contributed by atoms with Crippen LogP contribution in [0.15, 0.2) is 12.1 Å². The fourth-order valence-corrected chi connectivity index (χ4v) is 2.15. The highest BCUT2D eigenvalue weighted by molar-refractivity contribution is 6.18. The number of fused-ring (bicyclic) bond motifs is 1. The number of hydrogen-bond donors (Lipinski definition) is 0. The molecule has 0 aromatic heterocycles. The number of halogens is 1. The Kier molecular flexibility index (Phi) is 3.20. The Morgan fingerprint density at radius 3 is 3.00 bits per heavy atom. The minimum absolute atomic E-state index is 0.0758. The molecule has 0 saturated carbocycles. The molecule has 2 aliphatic rings. The number of benzene rings is 1. The van der Waals surface area contributed by atoms with Gasteiger partial charge in [-0.05, 0) is 12.1 Å². The van der Waals surface area contributed by atoms with Gasteiger partial charge in [0.15, 0.2) is 17.8 Å². The third-order valence-electron chi connectivity index (χ3n) is 2.87. The van der Waals surface area contributed by atoms with Gasteiger partial charge in [0.05, 0.1) is 25.7 Å². The summed E-state index contributed by atoms with van der Waals surface area (Å²) < 4.78 is 27.1. The van der Waals surface area contributed by atoms with Crippen LogP contribution in [0.5, 0.6) is 17.2 Å². The van der Waals surface area contributed by atoms with Crippen LogP contribution in [-0.2, 0) is 9.47 Å². The zero-order valence-corrected chi connectivity index (χ0v) is 10.6. The Morgan fingerprint density at radius 2 is 2.28 bits per heavy atom. The second-order valence-electron chi connectivity index (χ2n) is 4.03. The van der Waals surface area contributed by atoms with E-state index in [0.29, 0.717) is 29.7 Å². The van der Waals surface area contributed by atoms with E-state index in [1.807, 2.05) is 12.1 Å². The van der Waals surface area contributed by atoms with Gasteiger partial charge in [0, 0.05) is 5.56 Å². The maximum Gasteiger partial charge on any atom is 0.231 e. The minimum atomic E-state index is -0.433. The van der Waals surface area contributed by atoms with Crippen LogP contribution in [0, 0.1) is 0 Å². The monoisotopic (exact) mass is 272 g/mol. The molecule has 98 valence electrons. The van der Waals surface area contributed by atoms with Crippen LogP contribution in [0.1, 0.15) is 11.9 Å². The minimum Gasteiger partial charge on any atom is -0.493 e. The van der Waals surface area contributed by atoms with E-state index in [2.05, 4.69) is 0 Å². The Morgan fingerprint density at radius 1 is 1.39 bits per heavy atom. The molecule has 5 nitrogen and oxygen atoms in total. The summed E-state index contributed by atoms with van der Waals surface area (Å²) in [6.45, 7) is 0.691. The van der Waals surface area contributed by atoms with Crippen molar-refractivity contribution in [2.24, 2.45) is 0 Å². The first-order chi connectivity index (χ1) is 8.81. The van der Waals surface area contributed by atoms with Gasteiger partial charge < -0.3 is 23.7 Å². The topological polar surface area (TPSA) is 46.2 Å². The van der Waals surface area contributed by atoms with Crippen LogP contribution in [-0.4, -0.2) is 32.5 Å². The van der Waals surface area contributed by atoms with Gasteiger partial charge >= 0.3 is 0 Å². The van der Waals surface area contributed by atoms with Gasteiger partial charge in [-0.2, -0.15) is 0 Å². The lowest BCUT2D eigenvalue weighted by atomic mass is 10.1. The molecule has 6 heteroatoms. The molecule has 0 N–H and O–H groups in total. The van der Waals surface area contributed by atoms with E-state index in [0.717, 1.165) is 5.56 Å². The molecule has 1 aromatic rings. The van der Waals surface area contributed by atoms with E-state index in [1.165, 1.54) is 0 Å². The molecule has 0 aliphatic carbocycles. The Hall–Kier alpha value is -1.17. The van der Waals surface area contributed by atoms with Gasteiger partial charge in [0.1, 0.15) is 0 Å². The molecule has 2 aliphatic heterocycles. The molecule has 0 bridgehead atoms. The smallest absolute Gasteiger partial charge is 0.231 e. The number of rotatable bonds is 3. The molecule has 0 radical (unpaired) electrons. The van der Waals surface area contributed by atoms with E-state index in [-0.39, 0.29) is 12.9 Å². The molecule has 18 heavy (non-hydrogen) atoms. The third kappa shape index (κ3) is 1.98. The number of methoxy groups -OCH3 is 1. The first kappa shape index (κ1) is 11.9. The predicted octanol–water partition coefficient (Wildman–Crippen LogP) is 2.08. The second-order valence-corrected chi connectivity index (χ2v) is 4.34. The Labute approximate surface area is 109 Å². The Bertz CT molecular complexity index is 450. The average molecular weight is 273 g/mol. The van der Waals surface area contributed by atoms with E-state index >= 15 is 0 Å². The van der Waals surface area contributed by atoms with Gasteiger partial charge in [-0.25, -0.2) is 0 Å². The summed E-state index contributed by atoms with van der Waals surface area (Å²) in [5, 5.41) is 0. The molecular formula is C12H13ClO5. The van der Waals surface area contributed by atoms with Crippen LogP contribution in [0.3, 0.4) is 0 Å². The molecule has 0 amide bonds. The van der Waals surface area contributed by atoms with Crippen molar-refractivity contribution in [2.45, 2.75) is 12.4 Å². The lowest BCUT2D eigenvalue weighted by Gasteiger charge is -2.13. The lowest BCUT2D eigenvalue weighted by Crippen LogP contribution is -2.10. The summed E-state index contributed by atoms with van der Waals surface area (Å²) in [6.07, 6.45) is -0.509. The quantitative estimate of drug-likeness (QED) is 0.789. The van der Waals surface area contributed by atoms with Crippen LogP contribution in [0.2, 0.25) is 0 Å². The third-order valence-corrected chi connectivity index (χ3v) is 3.22. The normalized spacial score (nSPS) is 25.4. The standard InChI is InChI=1S/C12H13ClO5/c1-14-9-2-7(3-10-11(9)17-6-16-10)12-15-5-8(4-13)18-12/h2-3,8,12H,4-6H2,1H3. The first-order valence-corrected chi connectivity index (χ1v) is 6.16. The fraction of sp³-hybridized carbons (Fsp3) is 0.500. The average Bonchev–Trinajstić information content (AvgIpc) is 3.05. The van der Waals surface area contributed by atoms with Gasteiger partial charge in [0.25, 0.3) is 0 Å². The van der Waals surface area contributed by atoms with Crippen molar-refractivity contribution < 1.29 is 23.7 Å². The fourth-order valence-electron chi connectivity index (χ4n) is 1.99. The van der Waals surface area contributed by atoms with Crippen LogP contribution < -0.4 is 14.2 Å². The van der Waals surface area contributed by atoms with Gasteiger partial charge in [0.2, 0.25) is 12.5 Å². The van der Waals surface area contributed by atoms with Crippen LogP contribution in [0.4, 0.5) is 0 Å². The van der Waals surface area contributed by atoms with E-state index in [1.54, 1.807) is 7.11 Å². The SMILES string of the molecule is COc1cc(C2OCC(CCl)O2)cc2c1OCO2. The highest BCUT2D eigenvalue weighted by atomic mass is 35.5. The highest BCUT2D eigenvalue weighted by Crippen LogP contribution is 2.44. The van der Waals surface area contributed by atoms with E-state index in [9.17, 15) is 0 Å². The highest BCUT2D eigenvalue weighted by Gasteiger charge is 2.30. The molecule has 2 unspecified atom stereocenters. The first-order valence-electron chi connectivity index (χ1n) is 5.62. The van der Waals surface area contributed by atoms with Gasteiger partial charge in [-0.15, -0.1) is 11.6 Å². The number of ether oxygens (including phenoxy) is 5. The van der Waals surface area contributed by atoms with E-state index < -0.39 is 6.29 Å². The lowest BCUT2D eigenvalue weighted by molar-refractivity contribution is -0.0568. The molecule has 2 heterocycles. The summed E-state index contributed by atoms with van der Waals surface area (Å²) in [5.74, 6) is 2.29. The van der Waals surface area contributed by atoms with Crippen molar-refractivity contribution in [1.29, 1.82) is 0 Å². The summed E-state index contributed by atoms with van der Waals surface area (Å²) >= 11 is 5.74. The molecule has 0 spiro atoms. The predicted molar refractivity (Wildman–Crippen MR) is 63.4 cm³/mol. The van der Waals surface area contributed by atoms with Crippen molar-refractivity contribution >= 4 is 11.6 Å². The molecule has 2 atom stereocenters. The van der Waals surface area contributed by atoms with Crippen LogP contribution in [0.25, 0.3) is 0 Å². The largest absolute Gasteiger partial charge is 0.493 e. The van der Waals surface area contributed by atoms with Crippen molar-refractivity contribution in [3.63, 3.8) is 0 Å². The van der Waals surface area contributed by atoms with E-state index in [4.69, 9.17) is 35.3 Å².